The van der Waals surface area contributed by atoms with E-state index in [1.165, 1.54) is 13.3 Å². The Hall–Kier alpha value is -3.33. The van der Waals surface area contributed by atoms with Gasteiger partial charge in [-0.25, -0.2) is 4.79 Å². The summed E-state index contributed by atoms with van der Waals surface area (Å²) in [5, 5.41) is 11.0. The molecule has 22 heavy (non-hydrogen) atoms. The van der Waals surface area contributed by atoms with Crippen molar-refractivity contribution in [2.45, 2.75) is 0 Å². The van der Waals surface area contributed by atoms with Gasteiger partial charge in [0.2, 0.25) is 0 Å². The normalized spacial score (nSPS) is 10.4. The van der Waals surface area contributed by atoms with Gasteiger partial charge in [0.25, 0.3) is 0 Å². The van der Waals surface area contributed by atoms with Crippen LogP contribution in [0.15, 0.2) is 42.9 Å². The van der Waals surface area contributed by atoms with Crippen molar-refractivity contribution in [3.8, 4) is 11.8 Å². The number of ether oxygens (including phenoxy) is 1. The summed E-state index contributed by atoms with van der Waals surface area (Å²) in [5.74, 6) is -0.593. The maximum atomic E-state index is 12.0. The third-order valence-electron chi connectivity index (χ3n) is 3.46. The summed E-state index contributed by atoms with van der Waals surface area (Å²) in [6, 6.07) is 9.44. The Labute approximate surface area is 126 Å². The number of nitrogens with two attached hydrogens (primary N) is 1. The number of carbonyl (C=O) groups is 1. The van der Waals surface area contributed by atoms with Gasteiger partial charge in [-0.15, -0.1) is 0 Å². The number of methoxy groups -OCH3 is 1. The highest BCUT2D eigenvalue weighted by molar-refractivity contribution is 5.98. The van der Waals surface area contributed by atoms with Crippen molar-refractivity contribution in [1.82, 2.24) is 9.55 Å². The van der Waals surface area contributed by atoms with E-state index in [1.54, 1.807) is 17.0 Å². The van der Waals surface area contributed by atoms with Crippen LogP contribution in [0.2, 0.25) is 0 Å². The molecule has 0 radical (unpaired) electrons. The van der Waals surface area contributed by atoms with Gasteiger partial charge in [0.05, 0.1) is 24.0 Å². The molecular weight excluding hydrogens is 280 g/mol. The minimum Gasteiger partial charge on any atom is -0.464 e. The second kappa shape index (κ2) is 5.22. The fraction of sp³-hybridized carbons (Fsp3) is 0.0625. The van der Waals surface area contributed by atoms with Crippen molar-refractivity contribution in [1.29, 1.82) is 5.26 Å². The first-order chi connectivity index (χ1) is 10.7. The Morgan fingerprint density at radius 3 is 2.95 bits per heavy atom. The molecule has 0 saturated heterocycles. The van der Waals surface area contributed by atoms with Gasteiger partial charge in [0.1, 0.15) is 6.07 Å². The zero-order valence-electron chi connectivity index (χ0n) is 11.8. The number of hydrogen-bond acceptors (Lipinski definition) is 5. The maximum Gasteiger partial charge on any atom is 0.357 e. The number of anilines is 1. The lowest BCUT2D eigenvalue weighted by atomic mass is 10.1. The number of rotatable bonds is 2. The van der Waals surface area contributed by atoms with Gasteiger partial charge < -0.3 is 15.0 Å². The van der Waals surface area contributed by atoms with E-state index in [9.17, 15) is 4.79 Å². The van der Waals surface area contributed by atoms with E-state index in [-0.39, 0.29) is 16.9 Å². The van der Waals surface area contributed by atoms with Crippen LogP contribution >= 0.6 is 0 Å². The van der Waals surface area contributed by atoms with Crippen LogP contribution in [0.3, 0.4) is 0 Å². The number of nitriles is 1. The minimum absolute atomic E-state index is 0.111. The number of esters is 1. The molecule has 3 rings (SSSR count). The van der Waals surface area contributed by atoms with Gasteiger partial charge >= 0.3 is 5.97 Å². The lowest BCUT2D eigenvalue weighted by Crippen LogP contribution is -2.11. The van der Waals surface area contributed by atoms with Crippen LogP contribution < -0.4 is 5.73 Å². The number of hydrogen-bond donors (Lipinski definition) is 1. The van der Waals surface area contributed by atoms with Crippen molar-refractivity contribution in [2.75, 3.05) is 12.8 Å². The van der Waals surface area contributed by atoms with Gasteiger partial charge in [-0.2, -0.15) is 5.26 Å². The molecule has 0 aliphatic heterocycles. The second-order valence-electron chi connectivity index (χ2n) is 4.65. The Morgan fingerprint density at radius 1 is 1.41 bits per heavy atom. The number of aromatic nitrogens is 2. The summed E-state index contributed by atoms with van der Waals surface area (Å²) in [6.45, 7) is 0. The standard InChI is InChI=1S/C16H12N4O2/c1-22-16(21)15-14(18)11(7-17)9-20(15)13-4-2-3-10-8-19-6-5-12(10)13/h2-6,8-9H,18H2,1H3. The molecule has 0 spiro atoms. The van der Waals surface area contributed by atoms with Gasteiger partial charge in [0.15, 0.2) is 5.69 Å². The van der Waals surface area contributed by atoms with Crippen LogP contribution in [0.5, 0.6) is 0 Å². The van der Waals surface area contributed by atoms with Crippen molar-refractivity contribution in [2.24, 2.45) is 0 Å². The number of benzene rings is 1. The Morgan fingerprint density at radius 2 is 2.23 bits per heavy atom. The Balaban J connectivity index is 2.36. The number of nitrogens with zero attached hydrogens (tertiary/aromatic N) is 3. The van der Waals surface area contributed by atoms with Crippen molar-refractivity contribution in [3.63, 3.8) is 0 Å². The zero-order valence-corrected chi connectivity index (χ0v) is 11.8. The average Bonchev–Trinajstić information content (AvgIpc) is 2.90. The first-order valence-corrected chi connectivity index (χ1v) is 6.49. The quantitative estimate of drug-likeness (QED) is 0.731. The molecule has 108 valence electrons. The molecule has 0 aliphatic carbocycles. The van der Waals surface area contributed by atoms with Gasteiger partial charge in [-0.05, 0) is 12.1 Å². The predicted molar refractivity (Wildman–Crippen MR) is 81.5 cm³/mol. The first kappa shape index (κ1) is 13.6. The Kier molecular flexibility index (Phi) is 3.24. The molecule has 6 nitrogen and oxygen atoms in total. The molecule has 2 N–H and O–H groups in total. The fourth-order valence-corrected chi connectivity index (χ4v) is 2.42. The van der Waals surface area contributed by atoms with Crippen molar-refractivity contribution in [3.05, 3.63) is 54.1 Å². The smallest absolute Gasteiger partial charge is 0.357 e. The second-order valence-corrected chi connectivity index (χ2v) is 4.65. The first-order valence-electron chi connectivity index (χ1n) is 6.49. The number of pyridine rings is 1. The third-order valence-corrected chi connectivity index (χ3v) is 3.46. The van der Waals surface area contributed by atoms with Crippen LogP contribution in [-0.2, 0) is 4.74 Å². The van der Waals surface area contributed by atoms with Crippen LogP contribution in [0, 0.1) is 11.3 Å². The van der Waals surface area contributed by atoms with Crippen LogP contribution in [0.4, 0.5) is 5.69 Å². The molecule has 0 amide bonds. The summed E-state index contributed by atoms with van der Waals surface area (Å²) >= 11 is 0. The largest absolute Gasteiger partial charge is 0.464 e. The van der Waals surface area contributed by atoms with Crippen LogP contribution in [-0.4, -0.2) is 22.6 Å². The van der Waals surface area contributed by atoms with Crippen LogP contribution in [0.1, 0.15) is 16.1 Å². The molecule has 2 aromatic heterocycles. The van der Waals surface area contributed by atoms with Gasteiger partial charge in [-0.3, -0.25) is 4.98 Å². The van der Waals surface area contributed by atoms with E-state index >= 15 is 0 Å². The molecule has 0 atom stereocenters. The van der Waals surface area contributed by atoms with Gasteiger partial charge in [-0.1, -0.05) is 12.1 Å². The highest BCUT2D eigenvalue weighted by Gasteiger charge is 2.22. The molecule has 0 bridgehead atoms. The van der Waals surface area contributed by atoms with Crippen molar-refractivity contribution >= 4 is 22.4 Å². The summed E-state index contributed by atoms with van der Waals surface area (Å²) in [4.78, 5) is 16.1. The molecule has 0 saturated carbocycles. The molecule has 0 fully saturated rings. The topological polar surface area (TPSA) is 93.9 Å². The van der Waals surface area contributed by atoms with E-state index in [0.29, 0.717) is 0 Å². The van der Waals surface area contributed by atoms with E-state index in [2.05, 4.69) is 4.98 Å². The predicted octanol–water partition coefficient (Wildman–Crippen LogP) is 2.27. The highest BCUT2D eigenvalue weighted by Crippen LogP contribution is 2.28. The summed E-state index contributed by atoms with van der Waals surface area (Å²) in [7, 11) is 1.28. The summed E-state index contributed by atoms with van der Waals surface area (Å²) < 4.78 is 6.37. The molecule has 1 aromatic carbocycles. The van der Waals surface area contributed by atoms with Crippen molar-refractivity contribution < 1.29 is 9.53 Å². The molecule has 0 aliphatic rings. The molecule has 6 heteroatoms. The van der Waals surface area contributed by atoms with Crippen LogP contribution in [0.25, 0.3) is 16.5 Å². The van der Waals surface area contributed by atoms with E-state index in [4.69, 9.17) is 15.7 Å². The van der Waals surface area contributed by atoms with E-state index in [0.717, 1.165) is 16.5 Å². The zero-order chi connectivity index (χ0) is 15.7. The molecule has 2 heterocycles. The minimum atomic E-state index is -0.593. The lowest BCUT2D eigenvalue weighted by Gasteiger charge is -2.11. The fourth-order valence-electron chi connectivity index (χ4n) is 2.42. The average molecular weight is 292 g/mol. The van der Waals surface area contributed by atoms with E-state index in [1.807, 2.05) is 30.3 Å². The third kappa shape index (κ3) is 1.96. The SMILES string of the molecule is COC(=O)c1c(N)c(C#N)cn1-c1cccc2cnccc12. The molecule has 0 unspecified atom stereocenters. The summed E-state index contributed by atoms with van der Waals surface area (Å²) in [5.41, 5.74) is 7.13. The number of fused-ring (bicyclic) bond motifs is 1. The number of carbonyl (C=O) groups excluding carboxylic acids is 1. The van der Waals surface area contributed by atoms with Gasteiger partial charge in [0, 0.05) is 29.4 Å². The molecular formula is C16H12N4O2. The Bertz CT molecular complexity index is 916. The monoisotopic (exact) mass is 292 g/mol. The maximum absolute atomic E-state index is 12.0. The van der Waals surface area contributed by atoms with E-state index < -0.39 is 5.97 Å². The highest BCUT2D eigenvalue weighted by atomic mass is 16.5. The summed E-state index contributed by atoms with van der Waals surface area (Å²) in [6.07, 6.45) is 4.94. The number of nitrogen functional groups attached to an aromatic ring is 1. The lowest BCUT2D eigenvalue weighted by molar-refractivity contribution is 0.0593. The molecule has 3 aromatic rings.